The number of sulfonamides is 1. The Morgan fingerprint density at radius 3 is 1.84 bits per heavy atom. The summed E-state index contributed by atoms with van der Waals surface area (Å²) in [6.45, 7) is 3.47. The Bertz CT molecular complexity index is 1530. The van der Waals surface area contributed by atoms with Gasteiger partial charge in [-0.25, -0.2) is 23.0 Å². The lowest BCUT2D eigenvalue weighted by molar-refractivity contribution is -0.193. The molecule has 45 heavy (non-hydrogen) atoms. The number of hydrogen-bond donors (Lipinski definition) is 2. The summed E-state index contributed by atoms with van der Waals surface area (Å²) < 4.78 is 93.0. The molecule has 11 nitrogen and oxygen atoms in total. The number of fused-ring (bicyclic) bond motifs is 2. The summed E-state index contributed by atoms with van der Waals surface area (Å²) in [4.78, 5) is 29.4. The van der Waals surface area contributed by atoms with Crippen LogP contribution in [0.5, 0.6) is 0 Å². The number of likely N-dealkylation sites (tertiary alicyclic amines) is 1. The fraction of sp³-hybridized carbons (Fsp3) is 0.407. The van der Waals surface area contributed by atoms with E-state index in [0.29, 0.717) is 13.1 Å². The molecule has 0 bridgehead atoms. The van der Waals surface area contributed by atoms with Crippen LogP contribution in [0.15, 0.2) is 60.9 Å². The second kappa shape index (κ2) is 13.9. The maximum Gasteiger partial charge on any atom is 0.490 e. The maximum atomic E-state index is 12.8. The van der Waals surface area contributed by atoms with Crippen molar-refractivity contribution in [1.82, 2.24) is 23.7 Å². The third kappa shape index (κ3) is 9.01. The molecule has 5 rings (SSSR count). The number of alkyl halides is 6. The van der Waals surface area contributed by atoms with Crippen molar-refractivity contribution in [1.29, 1.82) is 0 Å². The lowest BCUT2D eigenvalue weighted by Gasteiger charge is -2.49. The second-order valence-corrected chi connectivity index (χ2v) is 12.0. The summed E-state index contributed by atoms with van der Waals surface area (Å²) in [5, 5.41) is 14.2. The van der Waals surface area contributed by atoms with Crippen LogP contribution < -0.4 is 0 Å². The summed E-state index contributed by atoms with van der Waals surface area (Å²) in [5.41, 5.74) is 2.60. The number of halogens is 6. The fourth-order valence-electron chi connectivity index (χ4n) is 5.09. The molecule has 1 saturated heterocycles. The molecule has 2 aromatic heterocycles. The summed E-state index contributed by atoms with van der Waals surface area (Å²) in [6, 6.07) is 16.2. The van der Waals surface area contributed by atoms with Gasteiger partial charge in [-0.05, 0) is 30.5 Å². The van der Waals surface area contributed by atoms with E-state index in [2.05, 4.69) is 26.6 Å². The van der Waals surface area contributed by atoms with Crippen molar-refractivity contribution in [2.45, 2.75) is 43.8 Å². The van der Waals surface area contributed by atoms with Crippen molar-refractivity contribution < 1.29 is 54.6 Å². The standard InChI is InChI=1S/C23H27N5O2S.2C2HF3O2/c1-31(29,30)28-16-15-27-21(19-7-3-2-4-8-19)17-25-22(27)23(28)10-13-26(14-11-23)18-20-9-5-6-12-24-20;2*3-2(4,5)1(6)7/h2-9,12,17H,10-11,13-16,18H2,1H3;2*(H,6,7). The van der Waals surface area contributed by atoms with E-state index < -0.39 is 39.9 Å². The third-order valence-corrected chi connectivity index (χ3v) is 8.36. The topological polar surface area (TPSA) is 146 Å². The van der Waals surface area contributed by atoms with Gasteiger partial charge in [0.1, 0.15) is 5.82 Å². The monoisotopic (exact) mass is 665 g/mol. The SMILES string of the molecule is CS(=O)(=O)N1CCn2c(-c3ccccc3)cnc2C12CCN(Cc1ccccn1)CC2.O=C(O)C(F)(F)F.O=C(O)C(F)(F)F. The van der Waals surface area contributed by atoms with Crippen molar-refractivity contribution >= 4 is 22.0 Å². The smallest absolute Gasteiger partial charge is 0.475 e. The number of aromatic nitrogens is 3. The van der Waals surface area contributed by atoms with Gasteiger partial charge in [-0.15, -0.1) is 0 Å². The molecular formula is C27H29F6N5O6S. The molecule has 0 radical (unpaired) electrons. The van der Waals surface area contributed by atoms with Gasteiger partial charge in [0.2, 0.25) is 10.0 Å². The number of hydrogen-bond acceptors (Lipinski definition) is 7. The van der Waals surface area contributed by atoms with Gasteiger partial charge >= 0.3 is 24.3 Å². The van der Waals surface area contributed by atoms with Crippen LogP contribution in [0.1, 0.15) is 24.4 Å². The zero-order valence-electron chi connectivity index (χ0n) is 23.7. The molecule has 1 fully saturated rings. The van der Waals surface area contributed by atoms with Crippen LogP contribution in [-0.2, 0) is 38.2 Å². The number of imidazole rings is 1. The Kier molecular flexibility index (Phi) is 11.0. The molecule has 1 spiro atoms. The van der Waals surface area contributed by atoms with E-state index in [9.17, 15) is 34.8 Å². The van der Waals surface area contributed by atoms with Gasteiger partial charge in [0, 0.05) is 38.9 Å². The van der Waals surface area contributed by atoms with E-state index in [0.717, 1.165) is 55.3 Å². The van der Waals surface area contributed by atoms with Gasteiger partial charge in [-0.3, -0.25) is 9.88 Å². The van der Waals surface area contributed by atoms with Crippen LogP contribution in [-0.4, -0.2) is 92.6 Å². The van der Waals surface area contributed by atoms with E-state index >= 15 is 0 Å². The molecule has 2 aliphatic rings. The van der Waals surface area contributed by atoms with Crippen LogP contribution in [0.3, 0.4) is 0 Å². The number of piperidine rings is 1. The highest BCUT2D eigenvalue weighted by Gasteiger charge is 2.50. The highest BCUT2D eigenvalue weighted by molar-refractivity contribution is 7.88. The Morgan fingerprint density at radius 1 is 0.844 bits per heavy atom. The Labute approximate surface area is 253 Å². The zero-order chi connectivity index (χ0) is 33.6. The number of carboxylic acid groups (broad SMARTS) is 2. The predicted octanol–water partition coefficient (Wildman–Crippen LogP) is 3.98. The molecule has 4 heterocycles. The Morgan fingerprint density at radius 2 is 1.38 bits per heavy atom. The highest BCUT2D eigenvalue weighted by Crippen LogP contribution is 2.43. The molecule has 18 heteroatoms. The van der Waals surface area contributed by atoms with Gasteiger partial charge in [-0.2, -0.15) is 30.6 Å². The van der Waals surface area contributed by atoms with Crippen molar-refractivity contribution in [2.24, 2.45) is 0 Å². The summed E-state index contributed by atoms with van der Waals surface area (Å²) in [6.07, 6.45) is -3.68. The predicted molar refractivity (Wildman–Crippen MR) is 147 cm³/mol. The van der Waals surface area contributed by atoms with Crippen LogP contribution in [0, 0.1) is 0 Å². The lowest BCUT2D eigenvalue weighted by atomic mass is 9.85. The molecule has 0 amide bonds. The van der Waals surface area contributed by atoms with Crippen molar-refractivity contribution in [3.05, 3.63) is 72.4 Å². The minimum atomic E-state index is -5.08. The first-order valence-corrected chi connectivity index (χ1v) is 15.0. The molecule has 246 valence electrons. The highest BCUT2D eigenvalue weighted by atomic mass is 32.2. The van der Waals surface area contributed by atoms with E-state index in [1.54, 1.807) is 4.31 Å². The van der Waals surface area contributed by atoms with Gasteiger partial charge in [0.15, 0.2) is 0 Å². The van der Waals surface area contributed by atoms with Gasteiger partial charge in [0.05, 0.1) is 29.4 Å². The maximum absolute atomic E-state index is 12.8. The van der Waals surface area contributed by atoms with E-state index in [1.165, 1.54) is 6.26 Å². The Hall–Kier alpha value is -4.03. The van der Waals surface area contributed by atoms with Crippen molar-refractivity contribution in [3.8, 4) is 11.3 Å². The van der Waals surface area contributed by atoms with Gasteiger partial charge in [-0.1, -0.05) is 36.4 Å². The van der Waals surface area contributed by atoms with Crippen LogP contribution in [0.4, 0.5) is 26.3 Å². The number of pyridine rings is 1. The van der Waals surface area contributed by atoms with Crippen LogP contribution >= 0.6 is 0 Å². The van der Waals surface area contributed by atoms with E-state index in [1.807, 2.05) is 48.8 Å². The molecular weight excluding hydrogens is 636 g/mol. The number of benzene rings is 1. The number of rotatable bonds is 4. The summed E-state index contributed by atoms with van der Waals surface area (Å²) in [7, 11) is -3.36. The van der Waals surface area contributed by atoms with Gasteiger partial charge < -0.3 is 14.8 Å². The van der Waals surface area contributed by atoms with E-state index in [-0.39, 0.29) is 0 Å². The van der Waals surface area contributed by atoms with Crippen molar-refractivity contribution in [2.75, 3.05) is 25.9 Å². The lowest BCUT2D eigenvalue weighted by Crippen LogP contribution is -2.59. The van der Waals surface area contributed by atoms with Crippen LogP contribution in [0.2, 0.25) is 0 Å². The molecule has 0 unspecified atom stereocenters. The number of carboxylic acids is 2. The molecule has 1 aromatic carbocycles. The first-order valence-electron chi connectivity index (χ1n) is 13.2. The Balaban J connectivity index is 0.000000331. The molecule has 0 saturated carbocycles. The minimum absolute atomic E-state index is 0.474. The molecule has 0 atom stereocenters. The molecule has 2 aliphatic heterocycles. The second-order valence-electron chi connectivity index (χ2n) is 10.1. The van der Waals surface area contributed by atoms with Gasteiger partial charge in [0.25, 0.3) is 0 Å². The number of nitrogens with zero attached hydrogens (tertiary/aromatic N) is 5. The van der Waals surface area contributed by atoms with Crippen molar-refractivity contribution in [3.63, 3.8) is 0 Å². The summed E-state index contributed by atoms with van der Waals surface area (Å²) in [5.74, 6) is -4.64. The minimum Gasteiger partial charge on any atom is -0.475 e. The number of carbonyl (C=O) groups is 2. The average molecular weight is 666 g/mol. The normalized spacial score (nSPS) is 16.9. The molecule has 2 N–H and O–H groups in total. The van der Waals surface area contributed by atoms with Crippen LogP contribution in [0.25, 0.3) is 11.3 Å². The molecule has 3 aromatic rings. The largest absolute Gasteiger partial charge is 0.490 e. The summed E-state index contributed by atoms with van der Waals surface area (Å²) >= 11 is 0. The number of aliphatic carboxylic acids is 2. The quantitative estimate of drug-likeness (QED) is 0.396. The third-order valence-electron chi connectivity index (χ3n) is 7.03. The first kappa shape index (κ1) is 35.4. The zero-order valence-corrected chi connectivity index (χ0v) is 24.5. The first-order chi connectivity index (χ1) is 20.9. The average Bonchev–Trinajstić information content (AvgIpc) is 3.40. The molecule has 0 aliphatic carbocycles. The fourth-order valence-corrected chi connectivity index (χ4v) is 6.40. The van der Waals surface area contributed by atoms with E-state index in [4.69, 9.17) is 24.8 Å².